The van der Waals surface area contributed by atoms with E-state index in [2.05, 4.69) is 4.98 Å². The first-order valence-corrected chi connectivity index (χ1v) is 12.5. The molecule has 9 nitrogen and oxygen atoms in total. The van der Waals surface area contributed by atoms with E-state index in [-0.39, 0.29) is 42.3 Å². The average Bonchev–Trinajstić information content (AvgIpc) is 2.88. The number of piperidine rings is 1. The topological polar surface area (TPSA) is 100 Å². The zero-order valence-corrected chi connectivity index (χ0v) is 19.2. The number of carbonyl (C=O) groups is 2. The molecule has 0 unspecified atom stereocenters. The summed E-state index contributed by atoms with van der Waals surface area (Å²) in [6, 6.07) is 12.3. The van der Waals surface area contributed by atoms with Crippen LogP contribution < -0.4 is 4.74 Å². The highest BCUT2D eigenvalue weighted by Crippen LogP contribution is 2.22. The van der Waals surface area contributed by atoms with Gasteiger partial charge in [0, 0.05) is 57.6 Å². The fraction of sp³-hybridized carbons (Fsp3) is 0.435. The predicted molar refractivity (Wildman–Crippen MR) is 121 cm³/mol. The Hall–Kier alpha value is -2.98. The first-order chi connectivity index (χ1) is 15.9. The maximum Gasteiger partial charge on any atom is 0.260 e. The lowest BCUT2D eigenvalue weighted by Gasteiger charge is -2.38. The highest BCUT2D eigenvalue weighted by atomic mass is 32.2. The number of likely N-dealkylation sites (tertiary alicyclic amines) is 1. The van der Waals surface area contributed by atoms with Gasteiger partial charge in [0.15, 0.2) is 6.61 Å². The Kier molecular flexibility index (Phi) is 7.24. The molecule has 3 heterocycles. The summed E-state index contributed by atoms with van der Waals surface area (Å²) in [6.07, 6.45) is 4.08. The minimum atomic E-state index is -3.60. The molecule has 0 radical (unpaired) electrons. The molecule has 2 saturated heterocycles. The van der Waals surface area contributed by atoms with E-state index in [9.17, 15) is 18.0 Å². The Bertz CT molecular complexity index is 1050. The number of para-hydroxylation sites is 1. The number of nitrogens with zero attached hydrogens (tertiary/aromatic N) is 4. The molecule has 0 saturated carbocycles. The van der Waals surface area contributed by atoms with Crippen molar-refractivity contribution in [3.05, 3.63) is 54.9 Å². The van der Waals surface area contributed by atoms with Crippen LogP contribution in [0, 0.1) is 5.92 Å². The highest BCUT2D eigenvalue weighted by Gasteiger charge is 2.34. The fourth-order valence-corrected chi connectivity index (χ4v) is 5.57. The minimum Gasteiger partial charge on any atom is -0.484 e. The van der Waals surface area contributed by atoms with E-state index in [0.717, 1.165) is 0 Å². The van der Waals surface area contributed by atoms with Crippen LogP contribution in [0.1, 0.15) is 12.8 Å². The number of hydrogen-bond donors (Lipinski definition) is 0. The molecule has 4 rings (SSSR count). The van der Waals surface area contributed by atoms with Crippen LogP contribution in [0.2, 0.25) is 0 Å². The van der Waals surface area contributed by atoms with E-state index in [0.29, 0.717) is 44.8 Å². The largest absolute Gasteiger partial charge is 0.484 e. The molecule has 0 aliphatic carbocycles. The van der Waals surface area contributed by atoms with Gasteiger partial charge in [-0.3, -0.25) is 14.6 Å². The number of aromatic nitrogens is 1. The number of carbonyl (C=O) groups excluding carboxylic acids is 2. The molecule has 1 aromatic carbocycles. The Morgan fingerprint density at radius 2 is 1.61 bits per heavy atom. The third kappa shape index (κ3) is 5.51. The first kappa shape index (κ1) is 23.2. The summed E-state index contributed by atoms with van der Waals surface area (Å²) in [6.45, 7) is 2.26. The smallest absolute Gasteiger partial charge is 0.260 e. The van der Waals surface area contributed by atoms with Crippen LogP contribution in [-0.2, 0) is 19.6 Å². The summed E-state index contributed by atoms with van der Waals surface area (Å²) < 4.78 is 32.4. The number of amides is 2. The van der Waals surface area contributed by atoms with Crippen molar-refractivity contribution in [3.63, 3.8) is 0 Å². The molecule has 2 aliphatic heterocycles. The van der Waals surface area contributed by atoms with E-state index in [1.165, 1.54) is 22.8 Å². The SMILES string of the molecule is O=C(COc1ccccc1)N1CCC(C(=O)N2CCN(S(=O)(=O)c3cccnc3)CC2)CC1. The number of pyridine rings is 1. The lowest BCUT2D eigenvalue weighted by molar-refractivity contribution is -0.142. The van der Waals surface area contributed by atoms with E-state index in [4.69, 9.17) is 4.74 Å². The van der Waals surface area contributed by atoms with E-state index in [1.54, 1.807) is 28.0 Å². The van der Waals surface area contributed by atoms with Crippen LogP contribution in [0.15, 0.2) is 59.8 Å². The van der Waals surface area contributed by atoms with Gasteiger partial charge in [-0.2, -0.15) is 4.31 Å². The standard InChI is InChI=1S/C23H28N4O5S/c28-22(18-32-20-5-2-1-3-6-20)25-11-8-19(9-12-25)23(29)26-13-15-27(16-14-26)33(30,31)21-7-4-10-24-17-21/h1-7,10,17,19H,8-9,11-16,18H2. The molecular formula is C23H28N4O5S. The highest BCUT2D eigenvalue weighted by molar-refractivity contribution is 7.89. The molecule has 176 valence electrons. The van der Waals surface area contributed by atoms with Crippen LogP contribution >= 0.6 is 0 Å². The molecule has 0 N–H and O–H groups in total. The lowest BCUT2D eigenvalue weighted by Crippen LogP contribution is -2.53. The first-order valence-electron chi connectivity index (χ1n) is 11.1. The number of benzene rings is 1. The second-order valence-electron chi connectivity index (χ2n) is 8.17. The van der Waals surface area contributed by atoms with Gasteiger partial charge in [0.05, 0.1) is 0 Å². The zero-order valence-electron chi connectivity index (χ0n) is 18.4. The Labute approximate surface area is 194 Å². The van der Waals surface area contributed by atoms with Crippen molar-refractivity contribution in [1.29, 1.82) is 0 Å². The summed E-state index contributed by atoms with van der Waals surface area (Å²) in [5, 5.41) is 0. The van der Waals surface area contributed by atoms with Crippen molar-refractivity contribution in [2.75, 3.05) is 45.9 Å². The van der Waals surface area contributed by atoms with Gasteiger partial charge in [-0.15, -0.1) is 0 Å². The number of rotatable bonds is 6. The summed E-state index contributed by atoms with van der Waals surface area (Å²) in [7, 11) is -3.60. The third-order valence-electron chi connectivity index (χ3n) is 6.12. The van der Waals surface area contributed by atoms with Crippen molar-refractivity contribution < 1.29 is 22.7 Å². The molecule has 0 atom stereocenters. The van der Waals surface area contributed by atoms with Crippen molar-refractivity contribution >= 4 is 21.8 Å². The summed E-state index contributed by atoms with van der Waals surface area (Å²) in [5.41, 5.74) is 0. The fourth-order valence-electron chi connectivity index (χ4n) is 4.18. The molecule has 33 heavy (non-hydrogen) atoms. The van der Waals surface area contributed by atoms with Gasteiger partial charge in [-0.1, -0.05) is 18.2 Å². The zero-order chi connectivity index (χ0) is 23.3. The second-order valence-corrected chi connectivity index (χ2v) is 10.1. The van der Waals surface area contributed by atoms with E-state index >= 15 is 0 Å². The maximum absolute atomic E-state index is 13.0. The molecule has 2 fully saturated rings. The monoisotopic (exact) mass is 472 g/mol. The van der Waals surface area contributed by atoms with Crippen molar-refractivity contribution in [2.24, 2.45) is 5.92 Å². The summed E-state index contributed by atoms with van der Waals surface area (Å²) in [4.78, 5) is 33.0. The normalized spacial score (nSPS) is 18.2. The third-order valence-corrected chi connectivity index (χ3v) is 8.01. The Morgan fingerprint density at radius 1 is 0.909 bits per heavy atom. The number of ether oxygens (including phenoxy) is 1. The molecule has 10 heteroatoms. The summed E-state index contributed by atoms with van der Waals surface area (Å²) >= 11 is 0. The van der Waals surface area contributed by atoms with Gasteiger partial charge in [0.2, 0.25) is 15.9 Å². The molecule has 2 amide bonds. The van der Waals surface area contributed by atoms with Gasteiger partial charge in [-0.25, -0.2) is 8.42 Å². The van der Waals surface area contributed by atoms with E-state index in [1.807, 2.05) is 18.2 Å². The quantitative estimate of drug-likeness (QED) is 0.627. The minimum absolute atomic E-state index is 0.0179. The molecule has 0 spiro atoms. The van der Waals surface area contributed by atoms with Crippen molar-refractivity contribution in [1.82, 2.24) is 19.1 Å². The predicted octanol–water partition coefficient (Wildman–Crippen LogP) is 1.23. The maximum atomic E-state index is 13.0. The second kappa shape index (κ2) is 10.3. The van der Waals surface area contributed by atoms with Gasteiger partial charge in [-0.05, 0) is 37.1 Å². The average molecular weight is 473 g/mol. The van der Waals surface area contributed by atoms with Crippen molar-refractivity contribution in [2.45, 2.75) is 17.7 Å². The van der Waals surface area contributed by atoms with Crippen LogP contribution in [0.4, 0.5) is 0 Å². The van der Waals surface area contributed by atoms with Crippen LogP contribution in [0.5, 0.6) is 5.75 Å². The molecule has 2 aliphatic rings. The van der Waals surface area contributed by atoms with E-state index < -0.39 is 10.0 Å². The summed E-state index contributed by atoms with van der Waals surface area (Å²) in [5.74, 6) is 0.464. The van der Waals surface area contributed by atoms with Gasteiger partial charge in [0.1, 0.15) is 10.6 Å². The van der Waals surface area contributed by atoms with Gasteiger partial charge >= 0.3 is 0 Å². The van der Waals surface area contributed by atoms with Crippen LogP contribution in [0.3, 0.4) is 0 Å². The lowest BCUT2D eigenvalue weighted by atomic mass is 9.95. The molecular weight excluding hydrogens is 444 g/mol. The Balaban J connectivity index is 1.23. The molecule has 1 aromatic heterocycles. The number of hydrogen-bond acceptors (Lipinski definition) is 6. The number of sulfonamides is 1. The van der Waals surface area contributed by atoms with Gasteiger partial charge < -0.3 is 14.5 Å². The van der Waals surface area contributed by atoms with Crippen molar-refractivity contribution in [3.8, 4) is 5.75 Å². The molecule has 0 bridgehead atoms. The number of piperazine rings is 1. The van der Waals surface area contributed by atoms with Gasteiger partial charge in [0.25, 0.3) is 5.91 Å². The van der Waals surface area contributed by atoms with Crippen LogP contribution in [0.25, 0.3) is 0 Å². The van der Waals surface area contributed by atoms with Crippen LogP contribution in [-0.4, -0.2) is 85.2 Å². The Morgan fingerprint density at radius 3 is 2.24 bits per heavy atom. The molecule has 2 aromatic rings.